The Morgan fingerprint density at radius 1 is 1.14 bits per heavy atom. The van der Waals surface area contributed by atoms with Gasteiger partial charge < -0.3 is 35.7 Å². The van der Waals surface area contributed by atoms with Crippen molar-refractivity contribution in [3.63, 3.8) is 0 Å². The van der Waals surface area contributed by atoms with E-state index in [1.165, 1.54) is 6.33 Å². The van der Waals surface area contributed by atoms with Crippen LogP contribution in [0.15, 0.2) is 12.7 Å². The molecule has 15 heteroatoms. The predicted octanol–water partition coefficient (Wildman–Crippen LogP) is 2.22. The number of carbonyl (C=O) groups is 1. The summed E-state index contributed by atoms with van der Waals surface area (Å²) in [6.45, 7) is 18.4. The summed E-state index contributed by atoms with van der Waals surface area (Å²) in [5, 5.41) is 3.08. The molecule has 2 aromatic rings. The van der Waals surface area contributed by atoms with Crippen LogP contribution in [0.1, 0.15) is 74.5 Å². The largest absolute Gasteiger partial charge is 0.444 e. The summed E-state index contributed by atoms with van der Waals surface area (Å²) < 4.78 is 26.6. The molecule has 0 bridgehead atoms. The summed E-state index contributed by atoms with van der Waals surface area (Å²) in [5.41, 5.74) is 12.4. The van der Waals surface area contributed by atoms with Gasteiger partial charge in [0.15, 0.2) is 23.5 Å². The van der Waals surface area contributed by atoms with Crippen LogP contribution in [0, 0.1) is 5.41 Å². The number of hydrogen-bond donors (Lipinski definition) is 3. The number of anilines is 1. The summed E-state index contributed by atoms with van der Waals surface area (Å²) in [4.78, 5) is 43.9. The summed E-state index contributed by atoms with van der Waals surface area (Å²) >= 11 is 0. The van der Waals surface area contributed by atoms with Gasteiger partial charge in [-0.05, 0) is 59.4 Å². The van der Waals surface area contributed by atoms with Gasteiger partial charge in [0.25, 0.3) is 0 Å². The van der Waals surface area contributed by atoms with Gasteiger partial charge >= 0.3 is 12.2 Å². The van der Waals surface area contributed by atoms with E-state index in [0.717, 1.165) is 19.4 Å². The number of nitrogens with one attached hydrogen (secondary N) is 1. The van der Waals surface area contributed by atoms with Crippen molar-refractivity contribution in [2.75, 3.05) is 31.9 Å². The maximum Gasteiger partial charge on any atom is 0.407 e. The van der Waals surface area contributed by atoms with Crippen molar-refractivity contribution >= 4 is 29.2 Å². The Balaban J connectivity index is 0.00000169. The molecule has 4 heterocycles. The number of aromatic nitrogens is 4. The first-order valence-corrected chi connectivity index (χ1v) is 14.8. The number of nitrogens with two attached hydrogens (primary N) is 2. The van der Waals surface area contributed by atoms with Crippen LogP contribution in [0.5, 0.6) is 0 Å². The van der Waals surface area contributed by atoms with Crippen molar-refractivity contribution in [3.8, 4) is 0 Å². The third-order valence-corrected chi connectivity index (χ3v) is 7.37. The van der Waals surface area contributed by atoms with Crippen LogP contribution in [0.2, 0.25) is 0 Å². The summed E-state index contributed by atoms with van der Waals surface area (Å²) in [7, 11) is 0. The summed E-state index contributed by atoms with van der Waals surface area (Å²) in [6.07, 6.45) is 3.17. The number of nitrogen functional groups attached to an aromatic ring is 1. The normalized spacial score (nSPS) is 23.5. The van der Waals surface area contributed by atoms with E-state index in [0.29, 0.717) is 36.6 Å². The quantitative estimate of drug-likeness (QED) is 0.350. The smallest absolute Gasteiger partial charge is 0.407 e. The third-order valence-electron chi connectivity index (χ3n) is 7.37. The highest BCUT2D eigenvalue weighted by molar-refractivity contribution is 5.81. The fourth-order valence-corrected chi connectivity index (χ4v) is 5.51. The minimum atomic E-state index is -0.758. The van der Waals surface area contributed by atoms with Gasteiger partial charge in [-0.2, -0.15) is 9.59 Å². The Morgan fingerprint density at radius 3 is 2.41 bits per heavy atom. The zero-order valence-corrected chi connectivity index (χ0v) is 27.0. The number of carbonyl (C=O) groups excluding carboxylic acids is 3. The number of nitrogens with zero attached hydrogens (tertiary/aromatic N) is 5. The van der Waals surface area contributed by atoms with E-state index in [9.17, 15) is 4.79 Å². The molecule has 246 valence electrons. The van der Waals surface area contributed by atoms with Crippen molar-refractivity contribution in [1.82, 2.24) is 29.7 Å². The van der Waals surface area contributed by atoms with Crippen molar-refractivity contribution in [2.45, 2.75) is 110 Å². The Bertz CT molecular complexity index is 1280. The lowest BCUT2D eigenvalue weighted by molar-refractivity contribution is -0.198. The Labute approximate surface area is 258 Å². The molecule has 4 rings (SSSR count). The maximum atomic E-state index is 12.5. The van der Waals surface area contributed by atoms with E-state index in [4.69, 9.17) is 40.0 Å². The molecule has 0 aliphatic carbocycles. The number of ether oxygens (including phenoxy) is 4. The van der Waals surface area contributed by atoms with E-state index in [-0.39, 0.29) is 35.9 Å². The first kappa shape index (κ1) is 35.3. The third kappa shape index (κ3) is 9.16. The second-order valence-electron chi connectivity index (χ2n) is 13.6. The van der Waals surface area contributed by atoms with Crippen molar-refractivity contribution in [2.24, 2.45) is 11.1 Å². The average molecular weight is 621 g/mol. The highest BCUT2D eigenvalue weighted by atomic mass is 16.8. The van der Waals surface area contributed by atoms with Crippen molar-refractivity contribution in [1.29, 1.82) is 0 Å². The predicted molar refractivity (Wildman–Crippen MR) is 160 cm³/mol. The van der Waals surface area contributed by atoms with Crippen molar-refractivity contribution < 1.29 is 33.3 Å². The molecule has 1 amide bonds. The monoisotopic (exact) mass is 620 g/mol. The van der Waals surface area contributed by atoms with E-state index in [2.05, 4.69) is 45.9 Å². The van der Waals surface area contributed by atoms with Crippen LogP contribution in [0.4, 0.5) is 10.6 Å². The number of amides is 1. The van der Waals surface area contributed by atoms with Crippen LogP contribution < -0.4 is 16.8 Å². The van der Waals surface area contributed by atoms with Crippen molar-refractivity contribution in [3.05, 3.63) is 12.7 Å². The lowest BCUT2D eigenvalue weighted by Crippen LogP contribution is -2.46. The zero-order valence-electron chi connectivity index (χ0n) is 27.0. The van der Waals surface area contributed by atoms with Gasteiger partial charge in [0, 0.05) is 25.7 Å². The fraction of sp³-hybridized carbons (Fsp3) is 0.759. The van der Waals surface area contributed by atoms with Gasteiger partial charge in [-0.15, -0.1) is 0 Å². The molecular weight excluding hydrogens is 572 g/mol. The molecule has 2 aliphatic heterocycles. The Morgan fingerprint density at radius 2 is 1.80 bits per heavy atom. The minimum Gasteiger partial charge on any atom is -0.444 e. The molecule has 44 heavy (non-hydrogen) atoms. The van der Waals surface area contributed by atoms with Gasteiger partial charge in [-0.3, -0.25) is 9.47 Å². The molecule has 0 radical (unpaired) electrons. The van der Waals surface area contributed by atoms with Gasteiger partial charge in [0.05, 0.1) is 6.33 Å². The van der Waals surface area contributed by atoms with Crippen LogP contribution in [0.25, 0.3) is 11.2 Å². The molecule has 5 atom stereocenters. The standard InChI is InChI=1S/C28H48N8O5.CO2/c1-26(2,3)18(34-25(37)41-27(4,5)6)10-9-12-35(13-11-29)14-17-20-21(40-28(7,8)39-20)24(38-17)36-16-33-19-22(30)31-15-32-23(19)36;2-1-3/h15-18,20-21,24H,9-14,29H2,1-8H3,(H,34,37)(H2,30,31,32);/t17-,18+,20-,21-,24-;/m1./s1. The molecule has 0 spiro atoms. The summed E-state index contributed by atoms with van der Waals surface area (Å²) in [6, 6.07) is -0.0510. The number of fused-ring (bicyclic) bond motifs is 2. The van der Waals surface area contributed by atoms with Crippen LogP contribution in [0.3, 0.4) is 0 Å². The number of rotatable bonds is 10. The molecule has 0 saturated carbocycles. The first-order chi connectivity index (χ1) is 20.5. The molecule has 2 aromatic heterocycles. The second kappa shape index (κ2) is 14.3. The Hall–Kier alpha value is -3.20. The molecule has 0 unspecified atom stereocenters. The number of hydrogen-bond acceptors (Lipinski definition) is 13. The zero-order chi connectivity index (χ0) is 32.9. The van der Waals surface area contributed by atoms with E-state index in [1.807, 2.05) is 39.2 Å². The van der Waals surface area contributed by atoms with E-state index >= 15 is 0 Å². The first-order valence-electron chi connectivity index (χ1n) is 14.8. The maximum absolute atomic E-state index is 12.5. The minimum absolute atomic E-state index is 0.0510. The van der Waals surface area contributed by atoms with Gasteiger partial charge in [0.1, 0.15) is 35.8 Å². The number of imidazole rings is 1. The van der Waals surface area contributed by atoms with Gasteiger partial charge in [0.2, 0.25) is 0 Å². The topological polar surface area (TPSA) is 199 Å². The van der Waals surface area contributed by atoms with Crippen LogP contribution >= 0.6 is 0 Å². The molecule has 15 nitrogen and oxygen atoms in total. The lowest BCUT2D eigenvalue weighted by atomic mass is 9.84. The SMILES string of the molecule is CC(C)(C)OC(=O)N[C@@H](CCCN(CCN)C[C@H]1O[C@@H](n2cnc3c(N)ncnc32)[C@@H]2OC(C)(C)O[C@@H]21)C(C)(C)C.O=C=O. The molecule has 0 aromatic carbocycles. The molecule has 2 aliphatic rings. The summed E-state index contributed by atoms with van der Waals surface area (Å²) in [5.74, 6) is -0.445. The molecule has 5 N–H and O–H groups in total. The number of alkyl carbamates (subject to hydrolysis) is 1. The highest BCUT2D eigenvalue weighted by Crippen LogP contribution is 2.44. The van der Waals surface area contributed by atoms with Gasteiger partial charge in [-0.1, -0.05) is 20.8 Å². The Kier molecular flexibility index (Phi) is 11.4. The van der Waals surface area contributed by atoms with E-state index < -0.39 is 23.7 Å². The van der Waals surface area contributed by atoms with Crippen LogP contribution in [-0.2, 0) is 28.5 Å². The fourth-order valence-electron chi connectivity index (χ4n) is 5.51. The average Bonchev–Trinajstić information content (AvgIpc) is 3.54. The molecule has 2 fully saturated rings. The van der Waals surface area contributed by atoms with Crippen LogP contribution in [-0.4, -0.2) is 98.6 Å². The van der Waals surface area contributed by atoms with Gasteiger partial charge in [-0.25, -0.2) is 19.7 Å². The molecular formula is C29H48N8O7. The second-order valence-corrected chi connectivity index (χ2v) is 13.6. The highest BCUT2D eigenvalue weighted by Gasteiger charge is 2.56. The lowest BCUT2D eigenvalue weighted by Gasteiger charge is -2.33. The molecule has 2 saturated heterocycles. The van der Waals surface area contributed by atoms with E-state index in [1.54, 1.807) is 6.33 Å².